The zero-order valence-corrected chi connectivity index (χ0v) is 15.6. The van der Waals surface area contributed by atoms with E-state index in [2.05, 4.69) is 10.00 Å². The molecular formula is C19H24ClN3O3. The van der Waals surface area contributed by atoms with Crippen LogP contribution in [0.15, 0.2) is 36.7 Å². The lowest BCUT2D eigenvalue weighted by molar-refractivity contribution is -0.164. The predicted octanol–water partition coefficient (Wildman–Crippen LogP) is 2.96. The lowest BCUT2D eigenvalue weighted by Crippen LogP contribution is -2.54. The quantitative estimate of drug-likeness (QED) is 0.809. The fraction of sp³-hybridized carbons (Fsp3) is 0.474. The molecule has 0 unspecified atom stereocenters. The highest BCUT2D eigenvalue weighted by atomic mass is 35.5. The van der Waals surface area contributed by atoms with Crippen LogP contribution in [-0.4, -0.2) is 50.1 Å². The summed E-state index contributed by atoms with van der Waals surface area (Å²) < 4.78 is 1.76. The Morgan fingerprint density at radius 2 is 2.27 bits per heavy atom. The van der Waals surface area contributed by atoms with E-state index in [1.165, 1.54) is 0 Å². The highest BCUT2D eigenvalue weighted by Crippen LogP contribution is 2.37. The summed E-state index contributed by atoms with van der Waals surface area (Å²) in [6, 6.07) is 7.46. The van der Waals surface area contributed by atoms with Gasteiger partial charge < -0.3 is 10.2 Å². The Labute approximate surface area is 158 Å². The van der Waals surface area contributed by atoms with Crippen LogP contribution >= 0.6 is 11.6 Å². The number of β-amino-alcohol motifs (C(OH)–C–C–N with tert-alkyl or cyclic N) is 1. The smallest absolute Gasteiger partial charge is 0.312 e. The summed E-state index contributed by atoms with van der Waals surface area (Å²) in [5, 5.41) is 25.2. The van der Waals surface area contributed by atoms with E-state index in [1.54, 1.807) is 10.9 Å². The summed E-state index contributed by atoms with van der Waals surface area (Å²) in [7, 11) is 0. The minimum atomic E-state index is -1.02. The number of aliphatic carboxylic acids is 1. The molecule has 1 fully saturated rings. The first-order valence-electron chi connectivity index (χ1n) is 8.88. The van der Waals surface area contributed by atoms with Crippen LogP contribution in [-0.2, 0) is 11.3 Å². The minimum absolute atomic E-state index is 0.356. The van der Waals surface area contributed by atoms with Gasteiger partial charge in [0.25, 0.3) is 0 Å². The van der Waals surface area contributed by atoms with E-state index in [4.69, 9.17) is 11.6 Å². The van der Waals surface area contributed by atoms with Crippen molar-refractivity contribution in [2.75, 3.05) is 13.1 Å². The van der Waals surface area contributed by atoms with Gasteiger partial charge in [0.15, 0.2) is 0 Å². The minimum Gasteiger partial charge on any atom is -0.481 e. The van der Waals surface area contributed by atoms with Crippen LogP contribution < -0.4 is 0 Å². The number of halogens is 1. The van der Waals surface area contributed by atoms with Gasteiger partial charge in [-0.3, -0.25) is 9.69 Å². The molecule has 2 aromatic rings. The lowest BCUT2D eigenvalue weighted by Gasteiger charge is -2.42. The Morgan fingerprint density at radius 3 is 2.92 bits per heavy atom. The average molecular weight is 378 g/mol. The molecule has 0 radical (unpaired) electrons. The van der Waals surface area contributed by atoms with E-state index in [0.29, 0.717) is 37.5 Å². The number of aliphatic hydroxyl groups excluding tert-OH is 1. The maximum absolute atomic E-state index is 11.7. The summed E-state index contributed by atoms with van der Waals surface area (Å²) >= 11 is 6.03. The number of likely N-dealkylation sites (tertiary alicyclic amines) is 1. The zero-order chi connectivity index (χ0) is 18.7. The summed E-state index contributed by atoms with van der Waals surface area (Å²) in [5.41, 5.74) is 0.877. The number of nitrogens with zero attached hydrogens (tertiary/aromatic N) is 3. The summed E-state index contributed by atoms with van der Waals surface area (Å²) in [6.07, 6.45) is 4.57. The third kappa shape index (κ3) is 3.77. The molecule has 140 valence electrons. The summed E-state index contributed by atoms with van der Waals surface area (Å²) in [6.45, 7) is 3.58. The molecule has 2 heterocycles. The summed E-state index contributed by atoms with van der Waals surface area (Å²) in [4.78, 5) is 13.8. The Balaban J connectivity index is 1.67. The second kappa shape index (κ2) is 7.78. The zero-order valence-electron chi connectivity index (χ0n) is 14.8. The first-order chi connectivity index (χ1) is 12.4. The number of aliphatic hydroxyl groups is 1. The van der Waals surface area contributed by atoms with Crippen molar-refractivity contribution in [3.8, 4) is 5.69 Å². The van der Waals surface area contributed by atoms with Crippen molar-refractivity contribution >= 4 is 17.6 Å². The molecule has 2 N–H and O–H groups in total. The van der Waals surface area contributed by atoms with Crippen LogP contribution in [0.1, 0.15) is 31.7 Å². The van der Waals surface area contributed by atoms with Gasteiger partial charge in [-0.15, -0.1) is 0 Å². The molecule has 1 aromatic carbocycles. The lowest BCUT2D eigenvalue weighted by atomic mass is 9.73. The Morgan fingerprint density at radius 1 is 1.46 bits per heavy atom. The number of carbonyl (C=O) groups is 1. The molecule has 2 atom stereocenters. The second-order valence-corrected chi connectivity index (χ2v) is 7.42. The Bertz CT molecular complexity index is 779. The normalized spacial score (nSPS) is 23.9. The van der Waals surface area contributed by atoms with Crippen LogP contribution in [0.3, 0.4) is 0 Å². The van der Waals surface area contributed by atoms with E-state index in [9.17, 15) is 15.0 Å². The number of carboxylic acids is 1. The molecule has 1 aliphatic rings. The SMILES string of the molecule is CCC[C@]1(C(=O)O)CCN(Cc2cnn(-c3cccc(Cl)c3)c2)C[C@@H]1O. The van der Waals surface area contributed by atoms with Crippen molar-refractivity contribution < 1.29 is 15.0 Å². The standard InChI is InChI=1S/C19H24ClN3O3/c1-2-6-19(18(25)26)7-8-22(13-17(19)24)11-14-10-21-23(12-14)16-5-3-4-15(20)9-16/h3-5,9-10,12,17,24H,2,6-8,11,13H2,1H3,(H,25,26)/t17-,19-/m0/s1. The Kier molecular flexibility index (Phi) is 5.65. The number of hydrogen-bond donors (Lipinski definition) is 2. The highest BCUT2D eigenvalue weighted by molar-refractivity contribution is 6.30. The largest absolute Gasteiger partial charge is 0.481 e. The molecule has 0 amide bonds. The van der Waals surface area contributed by atoms with E-state index in [0.717, 1.165) is 17.7 Å². The van der Waals surface area contributed by atoms with Gasteiger partial charge in [-0.1, -0.05) is 31.0 Å². The van der Waals surface area contributed by atoms with E-state index in [-0.39, 0.29) is 0 Å². The monoisotopic (exact) mass is 377 g/mol. The van der Waals surface area contributed by atoms with E-state index in [1.807, 2.05) is 37.4 Å². The van der Waals surface area contributed by atoms with Gasteiger partial charge in [-0.05, 0) is 37.6 Å². The molecule has 1 aromatic heterocycles. The van der Waals surface area contributed by atoms with Gasteiger partial charge in [-0.2, -0.15) is 5.10 Å². The van der Waals surface area contributed by atoms with Gasteiger partial charge in [-0.25, -0.2) is 4.68 Å². The number of rotatable bonds is 6. The van der Waals surface area contributed by atoms with Crippen LogP contribution in [0.5, 0.6) is 0 Å². The van der Waals surface area contributed by atoms with Crippen molar-refractivity contribution in [1.82, 2.24) is 14.7 Å². The van der Waals surface area contributed by atoms with Crippen LogP contribution in [0.25, 0.3) is 5.69 Å². The first-order valence-corrected chi connectivity index (χ1v) is 9.25. The first kappa shape index (κ1) is 18.9. The predicted molar refractivity (Wildman–Crippen MR) is 99.5 cm³/mol. The number of piperidine rings is 1. The number of carboxylic acid groups (broad SMARTS) is 1. The van der Waals surface area contributed by atoms with Crippen molar-refractivity contribution in [1.29, 1.82) is 0 Å². The van der Waals surface area contributed by atoms with E-state index >= 15 is 0 Å². The number of hydrogen-bond acceptors (Lipinski definition) is 4. The van der Waals surface area contributed by atoms with Gasteiger partial charge in [0, 0.05) is 29.9 Å². The van der Waals surface area contributed by atoms with Crippen molar-refractivity contribution in [3.05, 3.63) is 47.2 Å². The molecule has 3 rings (SSSR count). The Hall–Kier alpha value is -1.89. The molecule has 7 heteroatoms. The third-order valence-corrected chi connectivity index (χ3v) is 5.42. The van der Waals surface area contributed by atoms with Crippen LogP contribution in [0, 0.1) is 5.41 Å². The molecular weight excluding hydrogens is 354 g/mol. The fourth-order valence-electron chi connectivity index (χ4n) is 3.73. The molecule has 1 saturated heterocycles. The molecule has 1 aliphatic heterocycles. The molecule has 6 nitrogen and oxygen atoms in total. The highest BCUT2D eigenvalue weighted by Gasteiger charge is 2.47. The number of aromatic nitrogens is 2. The fourth-order valence-corrected chi connectivity index (χ4v) is 3.92. The number of benzene rings is 1. The van der Waals surface area contributed by atoms with Crippen molar-refractivity contribution in [2.45, 2.75) is 38.8 Å². The molecule has 0 aliphatic carbocycles. The van der Waals surface area contributed by atoms with Gasteiger partial charge in [0.1, 0.15) is 0 Å². The third-order valence-electron chi connectivity index (χ3n) is 5.18. The van der Waals surface area contributed by atoms with Crippen LogP contribution in [0.2, 0.25) is 5.02 Å². The summed E-state index contributed by atoms with van der Waals surface area (Å²) in [5.74, 6) is -0.889. The maximum atomic E-state index is 11.7. The molecule has 0 bridgehead atoms. The second-order valence-electron chi connectivity index (χ2n) is 6.99. The molecule has 26 heavy (non-hydrogen) atoms. The van der Waals surface area contributed by atoms with Gasteiger partial charge >= 0.3 is 5.97 Å². The maximum Gasteiger partial charge on any atom is 0.312 e. The van der Waals surface area contributed by atoms with Gasteiger partial charge in [0.2, 0.25) is 0 Å². The van der Waals surface area contributed by atoms with Crippen LogP contribution in [0.4, 0.5) is 0 Å². The topological polar surface area (TPSA) is 78.6 Å². The molecule has 0 saturated carbocycles. The van der Waals surface area contributed by atoms with Crippen molar-refractivity contribution in [2.24, 2.45) is 5.41 Å². The average Bonchev–Trinajstić information content (AvgIpc) is 3.06. The van der Waals surface area contributed by atoms with Gasteiger partial charge in [0.05, 0.1) is 23.4 Å². The van der Waals surface area contributed by atoms with E-state index < -0.39 is 17.5 Å². The van der Waals surface area contributed by atoms with Crippen molar-refractivity contribution in [3.63, 3.8) is 0 Å². The molecule has 0 spiro atoms.